The van der Waals surface area contributed by atoms with E-state index in [1.54, 1.807) is 0 Å². The second kappa shape index (κ2) is 7.01. The van der Waals surface area contributed by atoms with Gasteiger partial charge in [-0.15, -0.1) is 0 Å². The summed E-state index contributed by atoms with van der Waals surface area (Å²) in [5.74, 6) is 1.02. The second-order valence-electron chi connectivity index (χ2n) is 7.19. The van der Waals surface area contributed by atoms with Gasteiger partial charge in [0.05, 0.1) is 0 Å². The predicted molar refractivity (Wildman–Crippen MR) is 91.4 cm³/mol. The van der Waals surface area contributed by atoms with Gasteiger partial charge in [-0.3, -0.25) is 0 Å². The third kappa shape index (κ3) is 3.47. The molecule has 0 unspecified atom stereocenters. The summed E-state index contributed by atoms with van der Waals surface area (Å²) in [7, 11) is 2.18. The molecule has 122 valence electrons. The minimum Gasteiger partial charge on any atom is -0.490 e. The third-order valence-corrected chi connectivity index (χ3v) is 5.64. The Morgan fingerprint density at radius 3 is 2.32 bits per heavy atom. The molecule has 1 aliphatic heterocycles. The van der Waals surface area contributed by atoms with E-state index in [1.165, 1.54) is 37.7 Å². The molecule has 1 saturated carbocycles. The number of benzene rings is 1. The van der Waals surface area contributed by atoms with Crippen molar-refractivity contribution in [1.29, 1.82) is 0 Å². The summed E-state index contributed by atoms with van der Waals surface area (Å²) in [5, 5.41) is 0. The van der Waals surface area contributed by atoms with E-state index >= 15 is 0 Å². The third-order valence-electron chi connectivity index (χ3n) is 5.64. The van der Waals surface area contributed by atoms with Crippen molar-refractivity contribution in [3.05, 3.63) is 29.8 Å². The van der Waals surface area contributed by atoms with E-state index in [4.69, 9.17) is 10.5 Å². The maximum atomic E-state index is 6.15. The molecular weight excluding hydrogens is 272 g/mol. The Balaban J connectivity index is 1.64. The van der Waals surface area contributed by atoms with E-state index in [2.05, 4.69) is 36.2 Å². The molecule has 2 aliphatic rings. The molecular formula is C19H30N2O. The summed E-state index contributed by atoms with van der Waals surface area (Å²) in [5.41, 5.74) is 7.76. The van der Waals surface area contributed by atoms with Crippen molar-refractivity contribution in [2.24, 2.45) is 5.73 Å². The highest BCUT2D eigenvalue weighted by molar-refractivity contribution is 5.33. The van der Waals surface area contributed by atoms with Gasteiger partial charge in [-0.2, -0.15) is 0 Å². The van der Waals surface area contributed by atoms with E-state index < -0.39 is 0 Å². The minimum absolute atomic E-state index is 0.213. The first-order chi connectivity index (χ1) is 10.7. The number of nitrogens with zero attached hydrogens (tertiary/aromatic N) is 1. The molecule has 2 fully saturated rings. The molecule has 22 heavy (non-hydrogen) atoms. The first-order valence-electron chi connectivity index (χ1n) is 8.88. The molecule has 0 spiro atoms. The standard InChI is InChI=1S/C19H30N2O/c1-21-13-9-18(10-14-21)22-17-7-5-16(6-8-17)19(15-20)11-3-2-4-12-19/h5-8,18H,2-4,9-15,20H2,1H3. The Bertz CT molecular complexity index is 457. The highest BCUT2D eigenvalue weighted by Gasteiger charge is 2.32. The number of piperidine rings is 1. The largest absolute Gasteiger partial charge is 0.490 e. The van der Waals surface area contributed by atoms with E-state index in [0.29, 0.717) is 6.10 Å². The summed E-state index contributed by atoms with van der Waals surface area (Å²) in [4.78, 5) is 2.37. The van der Waals surface area contributed by atoms with Crippen LogP contribution in [0.2, 0.25) is 0 Å². The lowest BCUT2D eigenvalue weighted by atomic mass is 9.69. The van der Waals surface area contributed by atoms with Crippen LogP contribution in [-0.4, -0.2) is 37.7 Å². The highest BCUT2D eigenvalue weighted by Crippen LogP contribution is 2.39. The molecule has 0 bridgehead atoms. The number of rotatable bonds is 4. The molecule has 3 nitrogen and oxygen atoms in total. The van der Waals surface area contributed by atoms with Crippen molar-refractivity contribution in [3.63, 3.8) is 0 Å². The fourth-order valence-electron chi connectivity index (χ4n) is 4.02. The normalized spacial score (nSPS) is 23.4. The zero-order valence-corrected chi connectivity index (χ0v) is 13.9. The Morgan fingerprint density at radius 2 is 1.73 bits per heavy atom. The first-order valence-corrected chi connectivity index (χ1v) is 8.88. The van der Waals surface area contributed by atoms with E-state index in [9.17, 15) is 0 Å². The molecule has 1 aliphatic carbocycles. The average molecular weight is 302 g/mol. The van der Waals surface area contributed by atoms with Crippen LogP contribution in [0.15, 0.2) is 24.3 Å². The van der Waals surface area contributed by atoms with Crippen LogP contribution in [0.1, 0.15) is 50.5 Å². The van der Waals surface area contributed by atoms with Crippen molar-refractivity contribution >= 4 is 0 Å². The quantitative estimate of drug-likeness (QED) is 0.927. The molecule has 0 aromatic heterocycles. The van der Waals surface area contributed by atoms with Gasteiger partial charge in [0.1, 0.15) is 11.9 Å². The summed E-state index contributed by atoms with van der Waals surface area (Å²) < 4.78 is 6.15. The lowest BCUT2D eigenvalue weighted by Gasteiger charge is -2.37. The molecule has 0 amide bonds. The summed E-state index contributed by atoms with van der Waals surface area (Å²) >= 11 is 0. The Morgan fingerprint density at radius 1 is 1.09 bits per heavy atom. The number of hydrogen-bond donors (Lipinski definition) is 1. The first kappa shape index (κ1) is 15.8. The fourth-order valence-corrected chi connectivity index (χ4v) is 4.02. The second-order valence-corrected chi connectivity index (χ2v) is 7.19. The topological polar surface area (TPSA) is 38.5 Å². The van der Waals surface area contributed by atoms with Gasteiger partial charge in [-0.1, -0.05) is 31.4 Å². The van der Waals surface area contributed by atoms with Gasteiger partial charge in [0, 0.05) is 25.0 Å². The smallest absolute Gasteiger partial charge is 0.119 e. The van der Waals surface area contributed by atoms with Crippen molar-refractivity contribution in [2.45, 2.75) is 56.5 Å². The number of likely N-dealkylation sites (tertiary alicyclic amines) is 1. The molecule has 1 saturated heterocycles. The Hall–Kier alpha value is -1.06. The molecule has 0 atom stereocenters. The van der Waals surface area contributed by atoms with Gasteiger partial charge in [0.15, 0.2) is 0 Å². The zero-order chi connectivity index (χ0) is 15.4. The zero-order valence-electron chi connectivity index (χ0n) is 13.9. The molecule has 3 rings (SSSR count). The van der Waals surface area contributed by atoms with Crippen LogP contribution in [0, 0.1) is 0 Å². The van der Waals surface area contributed by atoms with Crippen molar-refractivity contribution < 1.29 is 4.74 Å². The van der Waals surface area contributed by atoms with Crippen molar-refractivity contribution in [1.82, 2.24) is 4.90 Å². The van der Waals surface area contributed by atoms with Crippen LogP contribution in [0.25, 0.3) is 0 Å². The van der Waals surface area contributed by atoms with Crippen LogP contribution in [-0.2, 0) is 5.41 Å². The fraction of sp³-hybridized carbons (Fsp3) is 0.684. The molecule has 1 aromatic rings. The van der Waals surface area contributed by atoms with Crippen LogP contribution in [0.4, 0.5) is 0 Å². The summed E-state index contributed by atoms with van der Waals surface area (Å²) in [6.07, 6.45) is 9.09. The van der Waals surface area contributed by atoms with E-state index in [1.807, 2.05) is 0 Å². The molecule has 0 radical (unpaired) electrons. The van der Waals surface area contributed by atoms with Crippen LogP contribution >= 0.6 is 0 Å². The lowest BCUT2D eigenvalue weighted by molar-refractivity contribution is 0.114. The Kier molecular flexibility index (Phi) is 5.04. The average Bonchev–Trinajstić information content (AvgIpc) is 2.58. The van der Waals surface area contributed by atoms with Gasteiger partial charge >= 0.3 is 0 Å². The van der Waals surface area contributed by atoms with Gasteiger partial charge in [-0.05, 0) is 50.4 Å². The molecule has 1 heterocycles. The minimum atomic E-state index is 0.213. The van der Waals surface area contributed by atoms with Gasteiger partial charge < -0.3 is 15.4 Å². The van der Waals surface area contributed by atoms with Crippen LogP contribution in [0.3, 0.4) is 0 Å². The van der Waals surface area contributed by atoms with E-state index in [-0.39, 0.29) is 5.41 Å². The van der Waals surface area contributed by atoms with Gasteiger partial charge in [-0.25, -0.2) is 0 Å². The number of nitrogens with two attached hydrogens (primary N) is 1. The van der Waals surface area contributed by atoms with E-state index in [0.717, 1.165) is 38.2 Å². The molecule has 1 aromatic carbocycles. The maximum absolute atomic E-state index is 6.15. The van der Waals surface area contributed by atoms with Gasteiger partial charge in [0.25, 0.3) is 0 Å². The highest BCUT2D eigenvalue weighted by atomic mass is 16.5. The van der Waals surface area contributed by atoms with Crippen LogP contribution < -0.4 is 10.5 Å². The SMILES string of the molecule is CN1CCC(Oc2ccc(C3(CN)CCCCC3)cc2)CC1. The monoisotopic (exact) mass is 302 g/mol. The van der Waals surface area contributed by atoms with Crippen molar-refractivity contribution in [3.8, 4) is 5.75 Å². The van der Waals surface area contributed by atoms with Crippen molar-refractivity contribution in [2.75, 3.05) is 26.7 Å². The predicted octanol–water partition coefficient (Wildman–Crippen LogP) is 3.32. The molecule has 3 heteroatoms. The maximum Gasteiger partial charge on any atom is 0.119 e. The van der Waals surface area contributed by atoms with Crippen LogP contribution in [0.5, 0.6) is 5.75 Å². The lowest BCUT2D eigenvalue weighted by Crippen LogP contribution is -2.37. The van der Waals surface area contributed by atoms with Gasteiger partial charge in [0.2, 0.25) is 0 Å². The number of ether oxygens (including phenoxy) is 1. The summed E-state index contributed by atoms with van der Waals surface area (Å²) in [6, 6.07) is 8.81. The molecule has 2 N–H and O–H groups in total. The Labute approximate surface area is 134 Å². The summed E-state index contributed by atoms with van der Waals surface area (Å²) in [6.45, 7) is 3.04. The number of hydrogen-bond acceptors (Lipinski definition) is 3.